The van der Waals surface area contributed by atoms with Crippen LogP contribution in [0.15, 0.2) is 30.3 Å². The molecule has 118 valence electrons. The van der Waals surface area contributed by atoms with E-state index in [1.807, 2.05) is 18.2 Å². The predicted molar refractivity (Wildman–Crippen MR) is 88.0 cm³/mol. The van der Waals surface area contributed by atoms with Crippen LogP contribution in [0.4, 0.5) is 0 Å². The molecular weight excluding hydrogens is 282 g/mol. The molecule has 3 unspecified atom stereocenters. The zero-order valence-electron chi connectivity index (χ0n) is 13.0. The smallest absolute Gasteiger partial charge is 0.154 e. The van der Waals surface area contributed by atoms with E-state index in [0.29, 0.717) is 18.3 Å². The third-order valence-corrected chi connectivity index (χ3v) is 6.82. The van der Waals surface area contributed by atoms with Crippen LogP contribution in [-0.2, 0) is 9.84 Å². The maximum atomic E-state index is 12.6. The summed E-state index contributed by atoms with van der Waals surface area (Å²) in [5.41, 5.74) is 7.38. The molecule has 3 atom stereocenters. The average Bonchev–Trinajstić information content (AvgIpc) is 2.46. The molecule has 0 radical (unpaired) electrons. The molecule has 1 aromatic carbocycles. The quantitative estimate of drug-likeness (QED) is 0.909. The fraction of sp³-hybridized carbons (Fsp3) is 0.647. The van der Waals surface area contributed by atoms with Crippen molar-refractivity contribution < 1.29 is 8.42 Å². The summed E-state index contributed by atoms with van der Waals surface area (Å²) in [7, 11) is -3.09. The molecule has 1 fully saturated rings. The lowest BCUT2D eigenvalue weighted by atomic mass is 9.82. The first-order chi connectivity index (χ1) is 9.90. The van der Waals surface area contributed by atoms with Crippen molar-refractivity contribution >= 4 is 9.84 Å². The molecule has 2 rings (SSSR count). The van der Waals surface area contributed by atoms with Crippen LogP contribution in [0.2, 0.25) is 0 Å². The Morgan fingerprint density at radius 3 is 2.48 bits per heavy atom. The molecule has 0 heterocycles. The molecule has 1 aliphatic rings. The van der Waals surface area contributed by atoms with Gasteiger partial charge in [-0.1, -0.05) is 44.2 Å². The highest BCUT2D eigenvalue weighted by Crippen LogP contribution is 2.35. The molecule has 0 bridgehead atoms. The van der Waals surface area contributed by atoms with Crippen molar-refractivity contribution in [2.24, 2.45) is 11.7 Å². The Balaban J connectivity index is 2.11. The minimum atomic E-state index is -3.09. The highest BCUT2D eigenvalue weighted by Gasteiger charge is 2.37. The summed E-state index contributed by atoms with van der Waals surface area (Å²) in [5, 5.41) is -0.379. The van der Waals surface area contributed by atoms with Gasteiger partial charge in [-0.15, -0.1) is 0 Å². The van der Waals surface area contributed by atoms with Gasteiger partial charge in [0.15, 0.2) is 9.84 Å². The van der Waals surface area contributed by atoms with Crippen LogP contribution in [0.3, 0.4) is 0 Å². The molecule has 0 spiro atoms. The van der Waals surface area contributed by atoms with Crippen molar-refractivity contribution in [2.45, 2.75) is 56.7 Å². The van der Waals surface area contributed by atoms with Crippen LogP contribution in [0.5, 0.6) is 0 Å². The number of benzene rings is 1. The monoisotopic (exact) mass is 309 g/mol. The van der Waals surface area contributed by atoms with Crippen LogP contribution >= 0.6 is 0 Å². The standard InChI is InChI=1S/C17H27NO2S/c1-13(2)10-11-21(19,20)17-12-15(8-9-16(17)18)14-6-4-3-5-7-14/h3-7,13,15-17H,8-12,18H2,1-2H3. The Kier molecular flexibility index (Phi) is 5.44. The Morgan fingerprint density at radius 1 is 1.19 bits per heavy atom. The van der Waals surface area contributed by atoms with Gasteiger partial charge in [-0.3, -0.25) is 0 Å². The Labute approximate surface area is 128 Å². The third kappa shape index (κ3) is 4.30. The fourth-order valence-corrected chi connectivity index (χ4v) is 5.44. The summed E-state index contributed by atoms with van der Waals surface area (Å²) in [4.78, 5) is 0. The van der Waals surface area contributed by atoms with E-state index in [1.54, 1.807) is 0 Å². The summed E-state index contributed by atoms with van der Waals surface area (Å²) < 4.78 is 25.2. The predicted octanol–water partition coefficient (Wildman–Crippen LogP) is 3.11. The highest BCUT2D eigenvalue weighted by atomic mass is 32.2. The lowest BCUT2D eigenvalue weighted by Crippen LogP contribution is -2.45. The molecule has 4 heteroatoms. The summed E-state index contributed by atoms with van der Waals surface area (Å²) in [6, 6.07) is 10.0. The van der Waals surface area contributed by atoms with Gasteiger partial charge in [-0.25, -0.2) is 8.42 Å². The second kappa shape index (κ2) is 6.93. The zero-order valence-corrected chi connectivity index (χ0v) is 13.9. The molecule has 2 N–H and O–H groups in total. The largest absolute Gasteiger partial charge is 0.327 e. The Hall–Kier alpha value is -0.870. The average molecular weight is 309 g/mol. The molecule has 0 aliphatic heterocycles. The lowest BCUT2D eigenvalue weighted by molar-refractivity contribution is 0.390. The van der Waals surface area contributed by atoms with Gasteiger partial charge in [0.25, 0.3) is 0 Å². The second-order valence-corrected chi connectivity index (χ2v) is 9.01. The van der Waals surface area contributed by atoms with Crippen LogP contribution < -0.4 is 5.73 Å². The summed E-state index contributed by atoms with van der Waals surface area (Å²) in [6.45, 7) is 4.12. The van der Waals surface area contributed by atoms with Gasteiger partial charge in [-0.2, -0.15) is 0 Å². The van der Waals surface area contributed by atoms with E-state index >= 15 is 0 Å². The number of hydrogen-bond donors (Lipinski definition) is 1. The highest BCUT2D eigenvalue weighted by molar-refractivity contribution is 7.92. The van der Waals surface area contributed by atoms with Crippen molar-refractivity contribution in [1.29, 1.82) is 0 Å². The molecule has 3 nitrogen and oxygen atoms in total. The number of nitrogens with two attached hydrogens (primary N) is 1. The zero-order chi connectivity index (χ0) is 15.5. The van der Waals surface area contributed by atoms with Gasteiger partial charge in [0, 0.05) is 6.04 Å². The molecule has 0 amide bonds. The normalized spacial score (nSPS) is 27.0. The van der Waals surface area contributed by atoms with Gasteiger partial charge in [0.1, 0.15) is 0 Å². The van der Waals surface area contributed by atoms with E-state index in [-0.39, 0.29) is 17.0 Å². The minimum Gasteiger partial charge on any atom is -0.327 e. The van der Waals surface area contributed by atoms with E-state index in [9.17, 15) is 8.42 Å². The SMILES string of the molecule is CC(C)CCS(=O)(=O)C1CC(c2ccccc2)CCC1N. The molecule has 21 heavy (non-hydrogen) atoms. The van der Waals surface area contributed by atoms with Crippen molar-refractivity contribution in [1.82, 2.24) is 0 Å². The number of sulfone groups is 1. The van der Waals surface area contributed by atoms with Crippen LogP contribution in [-0.4, -0.2) is 25.5 Å². The van der Waals surface area contributed by atoms with E-state index in [1.165, 1.54) is 5.56 Å². The van der Waals surface area contributed by atoms with Crippen molar-refractivity contribution in [3.63, 3.8) is 0 Å². The van der Waals surface area contributed by atoms with Gasteiger partial charge >= 0.3 is 0 Å². The Morgan fingerprint density at radius 2 is 1.86 bits per heavy atom. The fourth-order valence-electron chi connectivity index (χ4n) is 3.14. The van der Waals surface area contributed by atoms with E-state index in [0.717, 1.165) is 19.3 Å². The molecule has 1 aliphatic carbocycles. The third-order valence-electron chi connectivity index (χ3n) is 4.55. The van der Waals surface area contributed by atoms with Crippen molar-refractivity contribution in [3.05, 3.63) is 35.9 Å². The molecule has 0 saturated heterocycles. The van der Waals surface area contributed by atoms with E-state index < -0.39 is 9.84 Å². The van der Waals surface area contributed by atoms with Crippen LogP contribution in [0.1, 0.15) is 51.0 Å². The summed E-state index contributed by atoms with van der Waals surface area (Å²) in [6.07, 6.45) is 3.18. The van der Waals surface area contributed by atoms with Gasteiger partial charge in [0.2, 0.25) is 0 Å². The molecule has 1 aromatic rings. The second-order valence-electron chi connectivity index (χ2n) is 6.67. The van der Waals surface area contributed by atoms with Gasteiger partial charge < -0.3 is 5.73 Å². The minimum absolute atomic E-state index is 0.206. The topological polar surface area (TPSA) is 60.2 Å². The first kappa shape index (κ1) is 16.5. The van der Waals surface area contributed by atoms with Crippen molar-refractivity contribution in [3.8, 4) is 0 Å². The van der Waals surface area contributed by atoms with E-state index in [2.05, 4.69) is 26.0 Å². The number of rotatable bonds is 5. The summed E-state index contributed by atoms with van der Waals surface area (Å²) >= 11 is 0. The van der Waals surface area contributed by atoms with Crippen LogP contribution in [0, 0.1) is 5.92 Å². The Bertz CT molecular complexity index is 539. The maximum Gasteiger partial charge on any atom is 0.154 e. The first-order valence-corrected chi connectivity index (χ1v) is 9.64. The van der Waals surface area contributed by atoms with E-state index in [4.69, 9.17) is 5.73 Å². The maximum absolute atomic E-state index is 12.6. The van der Waals surface area contributed by atoms with Gasteiger partial charge in [0.05, 0.1) is 11.0 Å². The first-order valence-electron chi connectivity index (χ1n) is 7.92. The lowest BCUT2D eigenvalue weighted by Gasteiger charge is -2.34. The van der Waals surface area contributed by atoms with Crippen molar-refractivity contribution in [2.75, 3.05) is 5.75 Å². The molecular formula is C17H27NO2S. The van der Waals surface area contributed by atoms with Crippen LogP contribution in [0.25, 0.3) is 0 Å². The molecule has 0 aromatic heterocycles. The molecule has 1 saturated carbocycles. The summed E-state index contributed by atoms with van der Waals surface area (Å²) in [5.74, 6) is 0.999. The van der Waals surface area contributed by atoms with Gasteiger partial charge in [-0.05, 0) is 43.1 Å². The number of hydrogen-bond acceptors (Lipinski definition) is 3.